The van der Waals surface area contributed by atoms with Crippen molar-refractivity contribution in [1.29, 1.82) is 0 Å². The Balaban J connectivity index is 2.15. The highest BCUT2D eigenvalue weighted by Gasteiger charge is 2.16. The van der Waals surface area contributed by atoms with Crippen LogP contribution >= 0.6 is 11.6 Å². The van der Waals surface area contributed by atoms with Crippen LogP contribution < -0.4 is 10.1 Å². The Morgan fingerprint density at radius 3 is 2.65 bits per heavy atom. The Morgan fingerprint density at radius 1 is 1.30 bits per heavy atom. The number of nitrogens with one attached hydrogen (secondary N) is 1. The van der Waals surface area contributed by atoms with Crippen molar-refractivity contribution < 1.29 is 4.74 Å². The Hall–Kier alpha value is -1.52. The average molecular weight is 294 g/mol. The number of hydrogen-bond donors (Lipinski definition) is 1. The molecule has 0 bridgehead atoms. The third-order valence-corrected chi connectivity index (χ3v) is 3.62. The van der Waals surface area contributed by atoms with Crippen LogP contribution in [0.1, 0.15) is 37.1 Å². The van der Waals surface area contributed by atoms with Crippen molar-refractivity contribution in [2.75, 3.05) is 7.11 Å². The van der Waals surface area contributed by atoms with E-state index < -0.39 is 0 Å². The Bertz CT molecular complexity index is 582. The molecular weight excluding hydrogens is 274 g/mol. The average Bonchev–Trinajstić information content (AvgIpc) is 2.85. The maximum atomic E-state index is 6.08. The molecular formula is C15H20ClN3O. The number of nitrogens with zero attached hydrogens (tertiary/aromatic N) is 2. The summed E-state index contributed by atoms with van der Waals surface area (Å²) in [7, 11) is 3.59. The molecule has 0 amide bonds. The van der Waals surface area contributed by atoms with Gasteiger partial charge in [0.1, 0.15) is 5.75 Å². The molecule has 0 fully saturated rings. The third-order valence-electron chi connectivity index (χ3n) is 3.38. The summed E-state index contributed by atoms with van der Waals surface area (Å²) < 4.78 is 7.20. The smallest absolute Gasteiger partial charge is 0.123 e. The van der Waals surface area contributed by atoms with Gasteiger partial charge in [-0.2, -0.15) is 5.10 Å². The summed E-state index contributed by atoms with van der Waals surface area (Å²) >= 11 is 6.08. The largest absolute Gasteiger partial charge is 0.496 e. The first kappa shape index (κ1) is 14.9. The highest BCUT2D eigenvalue weighted by Crippen LogP contribution is 2.29. The molecule has 20 heavy (non-hydrogen) atoms. The van der Waals surface area contributed by atoms with E-state index in [1.54, 1.807) is 11.8 Å². The van der Waals surface area contributed by atoms with Gasteiger partial charge in [-0.1, -0.05) is 11.6 Å². The molecule has 5 heteroatoms. The van der Waals surface area contributed by atoms with Crippen LogP contribution in [0.2, 0.25) is 5.02 Å². The van der Waals surface area contributed by atoms with Gasteiger partial charge in [0.05, 0.1) is 13.3 Å². The SMILES string of the molecule is COc1ccc(Cl)cc1[C@H](C)N[C@@H](C)c1cnn(C)c1. The van der Waals surface area contributed by atoms with E-state index in [-0.39, 0.29) is 12.1 Å². The molecule has 2 rings (SSSR count). The fourth-order valence-electron chi connectivity index (χ4n) is 2.27. The number of ether oxygens (including phenoxy) is 1. The summed E-state index contributed by atoms with van der Waals surface area (Å²) in [5.41, 5.74) is 2.20. The number of aromatic nitrogens is 2. The summed E-state index contributed by atoms with van der Waals surface area (Å²) in [4.78, 5) is 0. The second kappa shape index (κ2) is 6.29. The minimum Gasteiger partial charge on any atom is -0.496 e. The van der Waals surface area contributed by atoms with Crippen LogP contribution in [0.3, 0.4) is 0 Å². The summed E-state index contributed by atoms with van der Waals surface area (Å²) in [5.74, 6) is 0.841. The van der Waals surface area contributed by atoms with Gasteiger partial charge < -0.3 is 10.1 Å². The number of hydrogen-bond acceptors (Lipinski definition) is 3. The molecule has 2 aromatic rings. The molecule has 1 heterocycles. The predicted molar refractivity (Wildman–Crippen MR) is 81.2 cm³/mol. The topological polar surface area (TPSA) is 39.1 Å². The molecule has 0 aliphatic heterocycles. The van der Waals surface area contributed by atoms with Crippen LogP contribution in [0.25, 0.3) is 0 Å². The van der Waals surface area contributed by atoms with E-state index in [0.29, 0.717) is 5.02 Å². The quantitative estimate of drug-likeness (QED) is 0.917. The van der Waals surface area contributed by atoms with Crippen LogP contribution in [-0.4, -0.2) is 16.9 Å². The molecule has 0 aliphatic carbocycles. The molecule has 0 saturated carbocycles. The van der Waals surface area contributed by atoms with Crippen molar-refractivity contribution >= 4 is 11.6 Å². The fourth-order valence-corrected chi connectivity index (χ4v) is 2.45. The minimum atomic E-state index is 0.124. The second-order valence-electron chi connectivity index (χ2n) is 4.94. The number of methoxy groups -OCH3 is 1. The lowest BCUT2D eigenvalue weighted by molar-refractivity contribution is 0.396. The van der Waals surface area contributed by atoms with E-state index in [0.717, 1.165) is 16.9 Å². The summed E-state index contributed by atoms with van der Waals surface area (Å²) in [6.07, 6.45) is 3.89. The van der Waals surface area contributed by atoms with Crippen LogP contribution in [0.5, 0.6) is 5.75 Å². The van der Waals surface area contributed by atoms with Gasteiger partial charge in [-0.3, -0.25) is 4.68 Å². The molecule has 0 saturated heterocycles. The van der Waals surface area contributed by atoms with Crippen molar-refractivity contribution in [2.24, 2.45) is 7.05 Å². The molecule has 108 valence electrons. The summed E-state index contributed by atoms with van der Waals surface area (Å²) in [6.45, 7) is 4.21. The lowest BCUT2D eigenvalue weighted by Gasteiger charge is -2.21. The third kappa shape index (κ3) is 3.32. The zero-order chi connectivity index (χ0) is 14.7. The van der Waals surface area contributed by atoms with Crippen molar-refractivity contribution in [3.05, 3.63) is 46.7 Å². The molecule has 0 aliphatic rings. The van der Waals surface area contributed by atoms with E-state index in [1.807, 2.05) is 37.6 Å². The van der Waals surface area contributed by atoms with Crippen LogP contribution in [-0.2, 0) is 7.05 Å². The Kier molecular flexibility index (Phi) is 4.68. The highest BCUT2D eigenvalue weighted by molar-refractivity contribution is 6.30. The van der Waals surface area contributed by atoms with Gasteiger partial charge in [-0.25, -0.2) is 0 Å². The van der Waals surface area contributed by atoms with Gasteiger partial charge in [-0.15, -0.1) is 0 Å². The fraction of sp³-hybridized carbons (Fsp3) is 0.400. The lowest BCUT2D eigenvalue weighted by atomic mass is 10.0. The van der Waals surface area contributed by atoms with Gasteiger partial charge in [0.2, 0.25) is 0 Å². The molecule has 4 nitrogen and oxygen atoms in total. The number of aryl methyl sites for hydroxylation is 1. The van der Waals surface area contributed by atoms with Gasteiger partial charge in [0, 0.05) is 41.5 Å². The molecule has 1 aromatic carbocycles. The van der Waals surface area contributed by atoms with E-state index >= 15 is 0 Å². The molecule has 0 unspecified atom stereocenters. The molecule has 2 atom stereocenters. The van der Waals surface area contributed by atoms with E-state index in [1.165, 1.54) is 0 Å². The number of benzene rings is 1. The van der Waals surface area contributed by atoms with Gasteiger partial charge in [0.25, 0.3) is 0 Å². The minimum absolute atomic E-state index is 0.124. The molecule has 0 radical (unpaired) electrons. The Morgan fingerprint density at radius 2 is 2.05 bits per heavy atom. The maximum Gasteiger partial charge on any atom is 0.123 e. The van der Waals surface area contributed by atoms with E-state index in [9.17, 15) is 0 Å². The van der Waals surface area contributed by atoms with Crippen LogP contribution in [0.15, 0.2) is 30.6 Å². The van der Waals surface area contributed by atoms with Crippen LogP contribution in [0.4, 0.5) is 0 Å². The van der Waals surface area contributed by atoms with Crippen LogP contribution in [0, 0.1) is 0 Å². The molecule has 1 aromatic heterocycles. The van der Waals surface area contributed by atoms with Gasteiger partial charge in [-0.05, 0) is 32.0 Å². The first-order valence-corrected chi connectivity index (χ1v) is 6.97. The predicted octanol–water partition coefficient (Wildman–Crippen LogP) is 3.49. The zero-order valence-corrected chi connectivity index (χ0v) is 13.0. The lowest BCUT2D eigenvalue weighted by Crippen LogP contribution is -2.22. The summed E-state index contributed by atoms with van der Waals surface area (Å²) in [6, 6.07) is 5.99. The first-order chi connectivity index (χ1) is 9.51. The van der Waals surface area contributed by atoms with Crippen molar-refractivity contribution in [3.8, 4) is 5.75 Å². The number of halogens is 1. The second-order valence-corrected chi connectivity index (χ2v) is 5.38. The van der Waals surface area contributed by atoms with Gasteiger partial charge in [0.15, 0.2) is 0 Å². The van der Waals surface area contributed by atoms with Crippen molar-refractivity contribution in [1.82, 2.24) is 15.1 Å². The summed E-state index contributed by atoms with van der Waals surface area (Å²) in [5, 5.41) is 8.44. The Labute approximate surface area is 124 Å². The van der Waals surface area contributed by atoms with Crippen molar-refractivity contribution in [3.63, 3.8) is 0 Å². The number of rotatable bonds is 5. The van der Waals surface area contributed by atoms with Gasteiger partial charge >= 0.3 is 0 Å². The molecule has 1 N–H and O–H groups in total. The maximum absolute atomic E-state index is 6.08. The zero-order valence-electron chi connectivity index (χ0n) is 12.2. The first-order valence-electron chi connectivity index (χ1n) is 6.59. The normalized spacial score (nSPS) is 14.1. The highest BCUT2D eigenvalue weighted by atomic mass is 35.5. The van der Waals surface area contributed by atoms with E-state index in [2.05, 4.69) is 24.3 Å². The monoisotopic (exact) mass is 293 g/mol. The molecule has 0 spiro atoms. The standard InChI is InChI=1S/C15H20ClN3O/c1-10(12-8-17-19(3)9-12)18-11(2)14-7-13(16)5-6-15(14)20-4/h5-11,18H,1-4H3/t10-,11-/m0/s1. The van der Waals surface area contributed by atoms with E-state index in [4.69, 9.17) is 16.3 Å². The van der Waals surface area contributed by atoms with Crippen molar-refractivity contribution in [2.45, 2.75) is 25.9 Å².